The van der Waals surface area contributed by atoms with Gasteiger partial charge in [-0.1, -0.05) is 19.8 Å². The SMILES string of the molecule is CCCCCOC(=O)[C@@]1(n2cc(F)c(N)nc2=O)O[C@H](CO)[C@@H](O)[C@H]1O. The monoisotopic (exact) mass is 375 g/mol. The van der Waals surface area contributed by atoms with Gasteiger partial charge >= 0.3 is 11.7 Å². The highest BCUT2D eigenvalue weighted by molar-refractivity contribution is 5.78. The van der Waals surface area contributed by atoms with Crippen LogP contribution in [0.3, 0.4) is 0 Å². The van der Waals surface area contributed by atoms with Gasteiger partial charge in [0, 0.05) is 0 Å². The van der Waals surface area contributed by atoms with Crippen molar-refractivity contribution in [3.05, 3.63) is 22.5 Å². The summed E-state index contributed by atoms with van der Waals surface area (Å²) in [7, 11) is 0. The van der Waals surface area contributed by atoms with Gasteiger partial charge in [-0.15, -0.1) is 0 Å². The van der Waals surface area contributed by atoms with Crippen molar-refractivity contribution in [3.63, 3.8) is 0 Å². The third-order valence-corrected chi connectivity index (χ3v) is 4.16. The highest BCUT2D eigenvalue weighted by Gasteiger charge is 2.62. The Kier molecular flexibility index (Phi) is 6.29. The van der Waals surface area contributed by atoms with E-state index in [1.165, 1.54) is 0 Å². The van der Waals surface area contributed by atoms with Gasteiger partial charge in [0.1, 0.15) is 18.3 Å². The van der Waals surface area contributed by atoms with E-state index in [2.05, 4.69) is 4.98 Å². The third-order valence-electron chi connectivity index (χ3n) is 4.16. The Morgan fingerprint density at radius 2 is 2.19 bits per heavy atom. The molecule has 1 aromatic heterocycles. The normalized spacial score (nSPS) is 28.3. The van der Waals surface area contributed by atoms with Gasteiger partial charge in [0.15, 0.2) is 11.6 Å². The van der Waals surface area contributed by atoms with Gasteiger partial charge in [-0.05, 0) is 6.42 Å². The molecule has 146 valence electrons. The molecule has 0 aromatic carbocycles. The summed E-state index contributed by atoms with van der Waals surface area (Å²) >= 11 is 0. The first-order chi connectivity index (χ1) is 12.3. The Bertz CT molecular complexity index is 713. The number of nitrogens with zero attached hydrogens (tertiary/aromatic N) is 2. The predicted octanol–water partition coefficient (Wildman–Crippen LogP) is -1.54. The average Bonchev–Trinajstić information content (AvgIpc) is 2.87. The van der Waals surface area contributed by atoms with Crippen LogP contribution < -0.4 is 11.4 Å². The first kappa shape index (κ1) is 20.2. The van der Waals surface area contributed by atoms with Crippen LogP contribution in [0.25, 0.3) is 0 Å². The number of ether oxygens (including phenoxy) is 2. The van der Waals surface area contributed by atoms with E-state index >= 15 is 0 Å². The second-order valence-electron chi connectivity index (χ2n) is 5.94. The summed E-state index contributed by atoms with van der Waals surface area (Å²) in [6.45, 7) is 1.14. The zero-order chi connectivity index (χ0) is 19.5. The zero-order valence-electron chi connectivity index (χ0n) is 14.2. The lowest BCUT2D eigenvalue weighted by atomic mass is 10.0. The molecule has 1 saturated heterocycles. The van der Waals surface area contributed by atoms with Gasteiger partial charge in [-0.3, -0.25) is 4.57 Å². The van der Waals surface area contributed by atoms with Gasteiger partial charge in [-0.2, -0.15) is 4.98 Å². The molecule has 5 N–H and O–H groups in total. The van der Waals surface area contributed by atoms with E-state index in [4.69, 9.17) is 15.2 Å². The summed E-state index contributed by atoms with van der Waals surface area (Å²) in [5, 5.41) is 29.7. The Balaban J connectivity index is 2.48. The molecular weight excluding hydrogens is 353 g/mol. The second kappa shape index (κ2) is 8.08. The maximum Gasteiger partial charge on any atom is 0.363 e. The van der Waals surface area contributed by atoms with Gasteiger partial charge in [-0.25, -0.2) is 14.0 Å². The fourth-order valence-electron chi connectivity index (χ4n) is 2.72. The summed E-state index contributed by atoms with van der Waals surface area (Å²) in [6.07, 6.45) is -2.46. The molecule has 0 saturated carbocycles. The molecule has 1 fully saturated rings. The quantitative estimate of drug-likeness (QED) is 0.327. The van der Waals surface area contributed by atoms with E-state index in [1.807, 2.05) is 6.92 Å². The lowest BCUT2D eigenvalue weighted by Crippen LogP contribution is -2.56. The first-order valence-electron chi connectivity index (χ1n) is 8.16. The molecule has 0 spiro atoms. The number of unbranched alkanes of at least 4 members (excludes halogenated alkanes) is 2. The minimum Gasteiger partial charge on any atom is -0.462 e. The lowest BCUT2D eigenvalue weighted by Gasteiger charge is -2.31. The molecule has 26 heavy (non-hydrogen) atoms. The molecule has 10 nitrogen and oxygen atoms in total. The van der Waals surface area contributed by atoms with Gasteiger partial charge < -0.3 is 30.5 Å². The first-order valence-corrected chi connectivity index (χ1v) is 8.16. The number of esters is 1. The Labute approximate surface area is 148 Å². The van der Waals surface area contributed by atoms with Crippen LogP contribution in [0.15, 0.2) is 11.0 Å². The van der Waals surface area contributed by atoms with Gasteiger partial charge in [0.25, 0.3) is 5.72 Å². The molecule has 0 aliphatic carbocycles. The number of carbonyl (C=O) groups excluding carboxylic acids is 1. The van der Waals surface area contributed by atoms with Crippen LogP contribution in [0.5, 0.6) is 0 Å². The van der Waals surface area contributed by atoms with Crippen molar-refractivity contribution in [1.29, 1.82) is 0 Å². The fraction of sp³-hybridized carbons (Fsp3) is 0.667. The second-order valence-corrected chi connectivity index (χ2v) is 5.94. The maximum absolute atomic E-state index is 13.9. The lowest BCUT2D eigenvalue weighted by molar-refractivity contribution is -0.202. The number of aliphatic hydroxyl groups is 3. The molecule has 11 heteroatoms. The Hall–Kier alpha value is -2.08. The summed E-state index contributed by atoms with van der Waals surface area (Å²) < 4.78 is 24.6. The minimum atomic E-state index is -2.60. The van der Waals surface area contributed by atoms with Crippen LogP contribution in [0.4, 0.5) is 10.2 Å². The molecule has 0 amide bonds. The van der Waals surface area contributed by atoms with E-state index in [0.717, 1.165) is 12.8 Å². The summed E-state index contributed by atoms with van der Waals surface area (Å²) in [6, 6.07) is 0. The molecule has 4 atom stereocenters. The molecule has 2 rings (SSSR count). The van der Waals surface area contributed by atoms with Crippen molar-refractivity contribution in [2.45, 2.75) is 50.2 Å². The Morgan fingerprint density at radius 3 is 2.77 bits per heavy atom. The minimum absolute atomic E-state index is 0.0377. The number of aliphatic hydroxyl groups excluding tert-OH is 3. The van der Waals surface area contributed by atoms with E-state index < -0.39 is 53.9 Å². The molecule has 2 heterocycles. The topological polar surface area (TPSA) is 157 Å². The van der Waals surface area contributed by atoms with Crippen LogP contribution in [0, 0.1) is 5.82 Å². The van der Waals surface area contributed by atoms with Crippen molar-refractivity contribution in [2.75, 3.05) is 18.9 Å². The number of hydrogen-bond acceptors (Lipinski definition) is 9. The van der Waals surface area contributed by atoms with E-state index in [-0.39, 0.29) is 6.61 Å². The van der Waals surface area contributed by atoms with Gasteiger partial charge in [0.05, 0.1) is 19.4 Å². The number of rotatable bonds is 7. The van der Waals surface area contributed by atoms with Crippen LogP contribution in [-0.2, 0) is 20.0 Å². The van der Waals surface area contributed by atoms with E-state index in [1.54, 1.807) is 0 Å². The van der Waals surface area contributed by atoms with Gasteiger partial charge in [0.2, 0.25) is 0 Å². The van der Waals surface area contributed by atoms with Crippen molar-refractivity contribution in [3.8, 4) is 0 Å². The van der Waals surface area contributed by atoms with Crippen LogP contribution in [0.1, 0.15) is 26.2 Å². The molecule has 0 radical (unpaired) electrons. The average molecular weight is 375 g/mol. The number of hydrogen-bond donors (Lipinski definition) is 4. The fourth-order valence-corrected chi connectivity index (χ4v) is 2.72. The molecule has 1 aliphatic heterocycles. The summed E-state index contributed by atoms with van der Waals surface area (Å²) in [4.78, 5) is 28.1. The zero-order valence-corrected chi connectivity index (χ0v) is 14.2. The highest BCUT2D eigenvalue weighted by Crippen LogP contribution is 2.36. The third kappa shape index (κ3) is 3.43. The highest BCUT2D eigenvalue weighted by atomic mass is 19.1. The predicted molar refractivity (Wildman–Crippen MR) is 85.3 cm³/mol. The van der Waals surface area contributed by atoms with Crippen molar-refractivity contribution >= 4 is 11.8 Å². The summed E-state index contributed by atoms with van der Waals surface area (Å²) in [5.41, 5.74) is 1.43. The standard InChI is InChI=1S/C15H22FN3O7/c1-2-3-4-5-25-13(23)15(11(22)10(21)9(7-20)26-15)19-6-8(16)12(17)18-14(19)24/h6,9-11,20-22H,2-5,7H2,1H3,(H2,17,18,24)/t9-,10-,11-,15+/m1/s1. The molecule has 1 aromatic rings. The number of nitrogen functional groups attached to an aromatic ring is 1. The van der Waals surface area contributed by atoms with E-state index in [9.17, 15) is 29.3 Å². The Morgan fingerprint density at radius 1 is 1.50 bits per heavy atom. The van der Waals surface area contributed by atoms with Crippen LogP contribution in [0.2, 0.25) is 0 Å². The van der Waals surface area contributed by atoms with Crippen LogP contribution in [-0.4, -0.2) is 62.4 Å². The van der Waals surface area contributed by atoms with Crippen LogP contribution >= 0.6 is 0 Å². The van der Waals surface area contributed by atoms with Crippen molar-refractivity contribution in [1.82, 2.24) is 9.55 Å². The van der Waals surface area contributed by atoms with E-state index in [0.29, 0.717) is 17.2 Å². The molecule has 0 bridgehead atoms. The number of carbonyl (C=O) groups is 1. The molecule has 1 aliphatic rings. The number of halogens is 1. The molecule has 0 unspecified atom stereocenters. The number of aromatic nitrogens is 2. The smallest absolute Gasteiger partial charge is 0.363 e. The number of anilines is 1. The largest absolute Gasteiger partial charge is 0.462 e. The maximum atomic E-state index is 13.9. The van der Waals surface area contributed by atoms with Crippen molar-refractivity contribution in [2.24, 2.45) is 0 Å². The number of nitrogens with two attached hydrogens (primary N) is 1. The summed E-state index contributed by atoms with van der Waals surface area (Å²) in [5.74, 6) is -3.06. The van der Waals surface area contributed by atoms with Crippen molar-refractivity contribution < 1.29 is 34.0 Å². The molecular formula is C15H22FN3O7.